The third-order valence-corrected chi connectivity index (χ3v) is 4.00. The van der Waals surface area contributed by atoms with Crippen LogP contribution in [0.2, 0.25) is 0 Å². The molecule has 0 bridgehead atoms. The first-order valence-electron chi connectivity index (χ1n) is 5.62. The van der Waals surface area contributed by atoms with Gasteiger partial charge in [-0.25, -0.2) is 0 Å². The molecular weight excluding hydrogens is 244 g/mol. The number of hydrogen-bond donors (Lipinski definition) is 0. The fraction of sp³-hybridized carbons (Fsp3) is 0.800. The lowest BCUT2D eigenvalue weighted by molar-refractivity contribution is -0.146. The Hall–Kier alpha value is -0.763. The molecule has 0 aromatic carbocycles. The van der Waals surface area contributed by atoms with Crippen LogP contribution in [-0.2, 0) is 27.3 Å². The van der Waals surface area contributed by atoms with E-state index >= 15 is 0 Å². The summed E-state index contributed by atoms with van der Waals surface area (Å²) in [5.41, 5.74) is 0. The van der Waals surface area contributed by atoms with E-state index in [1.807, 2.05) is 0 Å². The van der Waals surface area contributed by atoms with E-state index < -0.39 is 15.0 Å². The van der Waals surface area contributed by atoms with Crippen LogP contribution in [0.1, 0.15) is 34.1 Å². The first kappa shape index (κ1) is 16.2. The molecule has 6 nitrogen and oxygen atoms in total. The van der Waals surface area contributed by atoms with Crippen LogP contribution >= 0.6 is 0 Å². The number of hydrogen-bond acceptors (Lipinski definition) is 6. The Balaban J connectivity index is 4.63. The molecule has 0 aliphatic rings. The maximum atomic E-state index is 11.4. The van der Waals surface area contributed by atoms with Gasteiger partial charge in [-0.2, -0.15) is 0 Å². The van der Waals surface area contributed by atoms with Crippen molar-refractivity contribution in [2.45, 2.75) is 34.1 Å². The number of rotatable bonds is 9. The molecule has 0 rings (SSSR count). The Bertz CT molecular complexity index is 238. The lowest BCUT2D eigenvalue weighted by Gasteiger charge is -2.25. The van der Waals surface area contributed by atoms with Crippen LogP contribution in [-0.4, -0.2) is 40.6 Å². The molecule has 0 spiro atoms. The molecule has 0 unspecified atom stereocenters. The van der Waals surface area contributed by atoms with E-state index in [9.17, 15) is 9.59 Å². The molecule has 17 heavy (non-hydrogen) atoms. The van der Waals surface area contributed by atoms with Gasteiger partial charge in [-0.3, -0.25) is 9.59 Å². The predicted molar refractivity (Wildman–Crippen MR) is 62.0 cm³/mol. The molecule has 0 aliphatic heterocycles. The average molecular weight is 264 g/mol. The maximum Gasteiger partial charge on any atom is 0.751 e. The summed E-state index contributed by atoms with van der Waals surface area (Å²) in [6.07, 6.45) is -0.304. The third kappa shape index (κ3) is 6.52. The van der Waals surface area contributed by atoms with Crippen molar-refractivity contribution in [1.29, 1.82) is 0 Å². The first-order chi connectivity index (χ1) is 7.99. The zero-order valence-electron chi connectivity index (χ0n) is 10.8. The van der Waals surface area contributed by atoms with Gasteiger partial charge in [-0.05, 0) is 27.7 Å². The highest BCUT2D eigenvalue weighted by molar-refractivity contribution is 6.55. The van der Waals surface area contributed by atoms with Crippen LogP contribution in [0.4, 0.5) is 0 Å². The van der Waals surface area contributed by atoms with Crippen molar-refractivity contribution in [2.75, 3.05) is 19.8 Å². The molecule has 100 valence electrons. The van der Waals surface area contributed by atoms with Gasteiger partial charge >= 0.3 is 15.0 Å². The fourth-order valence-electron chi connectivity index (χ4n) is 1.12. The quantitative estimate of drug-likeness (QED) is 0.458. The Labute approximate surface area is 103 Å². The van der Waals surface area contributed by atoms with Gasteiger partial charge in [0.2, 0.25) is 0 Å². The van der Waals surface area contributed by atoms with Gasteiger partial charge in [0.1, 0.15) is 12.2 Å². The van der Waals surface area contributed by atoms with E-state index in [4.69, 9.17) is 17.7 Å². The van der Waals surface area contributed by atoms with Gasteiger partial charge < -0.3 is 17.7 Å². The normalized spacial score (nSPS) is 11.3. The summed E-state index contributed by atoms with van der Waals surface area (Å²) in [4.78, 5) is 22.3. The molecule has 0 aromatic rings. The standard InChI is InChI=1S/C10H20O6Si/c1-5-13-17(14-6-2,15-7-3)16-10(12)8-9(4)11/h5-8H2,1-4H3. The highest BCUT2D eigenvalue weighted by Gasteiger charge is 2.49. The molecule has 0 radical (unpaired) electrons. The third-order valence-electron chi connectivity index (χ3n) is 1.60. The maximum absolute atomic E-state index is 11.4. The summed E-state index contributed by atoms with van der Waals surface area (Å²) >= 11 is 0. The molecule has 0 amide bonds. The molecule has 0 fully saturated rings. The van der Waals surface area contributed by atoms with Crippen LogP contribution in [0.3, 0.4) is 0 Å². The Morgan fingerprint density at radius 1 is 0.941 bits per heavy atom. The van der Waals surface area contributed by atoms with Crippen LogP contribution in [0.15, 0.2) is 0 Å². The number of carbonyl (C=O) groups is 2. The lowest BCUT2D eigenvalue weighted by atomic mass is 10.3. The zero-order chi connectivity index (χ0) is 13.3. The molecule has 0 atom stereocenters. The molecule has 0 saturated carbocycles. The highest BCUT2D eigenvalue weighted by atomic mass is 28.4. The van der Waals surface area contributed by atoms with E-state index in [0.717, 1.165) is 0 Å². The van der Waals surface area contributed by atoms with Gasteiger partial charge in [0, 0.05) is 19.8 Å². The van der Waals surface area contributed by atoms with Crippen molar-refractivity contribution in [3.63, 3.8) is 0 Å². The van der Waals surface area contributed by atoms with Crippen molar-refractivity contribution < 1.29 is 27.3 Å². The molecule has 0 aromatic heterocycles. The second-order valence-electron chi connectivity index (χ2n) is 3.15. The molecule has 7 heteroatoms. The largest absolute Gasteiger partial charge is 0.751 e. The molecule has 0 saturated heterocycles. The predicted octanol–water partition coefficient (Wildman–Crippen LogP) is 1.05. The highest BCUT2D eigenvalue weighted by Crippen LogP contribution is 2.13. The monoisotopic (exact) mass is 264 g/mol. The van der Waals surface area contributed by atoms with E-state index in [1.54, 1.807) is 20.8 Å². The minimum Gasteiger partial charge on any atom is -0.451 e. The number of ketones is 1. The van der Waals surface area contributed by atoms with E-state index in [-0.39, 0.29) is 12.2 Å². The topological polar surface area (TPSA) is 71.1 Å². The van der Waals surface area contributed by atoms with Crippen LogP contribution in [0, 0.1) is 0 Å². The minimum absolute atomic E-state index is 0.276. The van der Waals surface area contributed by atoms with Crippen LogP contribution in [0.25, 0.3) is 0 Å². The second kappa shape index (κ2) is 8.35. The lowest BCUT2D eigenvalue weighted by Crippen LogP contribution is -2.50. The van der Waals surface area contributed by atoms with E-state index in [2.05, 4.69) is 0 Å². The van der Waals surface area contributed by atoms with Crippen LogP contribution in [0.5, 0.6) is 0 Å². The molecule has 0 N–H and O–H groups in total. The average Bonchev–Trinajstić information content (AvgIpc) is 2.16. The van der Waals surface area contributed by atoms with Crippen molar-refractivity contribution in [3.05, 3.63) is 0 Å². The van der Waals surface area contributed by atoms with Crippen LogP contribution < -0.4 is 0 Å². The summed E-state index contributed by atoms with van der Waals surface area (Å²) in [5.74, 6) is -0.957. The number of carbonyl (C=O) groups excluding carboxylic acids is 2. The Morgan fingerprint density at radius 3 is 1.65 bits per heavy atom. The van der Waals surface area contributed by atoms with Gasteiger partial charge in [-0.1, -0.05) is 0 Å². The van der Waals surface area contributed by atoms with Crippen molar-refractivity contribution in [2.24, 2.45) is 0 Å². The van der Waals surface area contributed by atoms with Gasteiger partial charge in [0.15, 0.2) is 0 Å². The summed E-state index contributed by atoms with van der Waals surface area (Å²) in [6.45, 7) is 7.47. The second-order valence-corrected chi connectivity index (χ2v) is 5.22. The molecule has 0 heterocycles. The summed E-state index contributed by atoms with van der Waals surface area (Å²) in [6, 6.07) is 0. The first-order valence-corrected chi connectivity index (χ1v) is 7.26. The fourth-order valence-corrected chi connectivity index (χ4v) is 2.96. The molecular formula is C10H20O6Si. The van der Waals surface area contributed by atoms with Gasteiger partial charge in [-0.15, -0.1) is 0 Å². The summed E-state index contributed by atoms with van der Waals surface area (Å²) in [5, 5.41) is 0. The summed E-state index contributed by atoms with van der Waals surface area (Å²) in [7, 11) is -3.43. The van der Waals surface area contributed by atoms with E-state index in [0.29, 0.717) is 19.8 Å². The Kier molecular flexibility index (Phi) is 7.97. The van der Waals surface area contributed by atoms with E-state index in [1.165, 1.54) is 6.92 Å². The van der Waals surface area contributed by atoms with Gasteiger partial charge in [0.25, 0.3) is 0 Å². The smallest absolute Gasteiger partial charge is 0.451 e. The number of Topliss-reactive ketones (excluding diaryl/α,β-unsaturated/α-hetero) is 1. The van der Waals surface area contributed by atoms with Crippen molar-refractivity contribution >= 4 is 20.8 Å². The van der Waals surface area contributed by atoms with Crippen molar-refractivity contribution in [1.82, 2.24) is 0 Å². The minimum atomic E-state index is -3.43. The Morgan fingerprint density at radius 2 is 1.35 bits per heavy atom. The molecule has 0 aliphatic carbocycles. The summed E-state index contributed by atoms with van der Waals surface area (Å²) < 4.78 is 21.0. The SMILES string of the molecule is CCO[Si](OCC)(OCC)OC(=O)CC(C)=O. The van der Waals surface area contributed by atoms with Gasteiger partial charge in [0.05, 0.1) is 0 Å². The zero-order valence-corrected chi connectivity index (χ0v) is 11.8. The van der Waals surface area contributed by atoms with Crippen molar-refractivity contribution in [3.8, 4) is 0 Å².